The van der Waals surface area contributed by atoms with E-state index in [4.69, 9.17) is 5.73 Å². The minimum absolute atomic E-state index is 0.0449. The maximum atomic E-state index is 11.5. The fourth-order valence-electron chi connectivity index (χ4n) is 1.96. The van der Waals surface area contributed by atoms with Gasteiger partial charge in [-0.2, -0.15) is 0 Å². The van der Waals surface area contributed by atoms with E-state index < -0.39 is 0 Å². The first kappa shape index (κ1) is 11.7. The van der Waals surface area contributed by atoms with Crippen LogP contribution in [0.25, 0.3) is 0 Å². The summed E-state index contributed by atoms with van der Waals surface area (Å²) in [5.74, 6) is -0.0648. The maximum absolute atomic E-state index is 11.5. The Hall–Kier alpha value is -1.35. The summed E-state index contributed by atoms with van der Waals surface area (Å²) in [5.41, 5.74) is 9.74. The van der Waals surface area contributed by atoms with Gasteiger partial charge >= 0.3 is 0 Å². The summed E-state index contributed by atoms with van der Waals surface area (Å²) < 4.78 is 0. The van der Waals surface area contributed by atoms with E-state index in [2.05, 4.69) is 19.1 Å². The van der Waals surface area contributed by atoms with Crippen molar-refractivity contribution in [1.29, 1.82) is 0 Å². The van der Waals surface area contributed by atoms with Gasteiger partial charge in [-0.3, -0.25) is 4.79 Å². The number of benzene rings is 1. The maximum Gasteiger partial charge on any atom is 0.240 e. The monoisotopic (exact) mass is 206 g/mol. The average Bonchev–Trinajstić information content (AvgIpc) is 2.14. The van der Waals surface area contributed by atoms with Crippen LogP contribution in [0.4, 0.5) is 5.69 Å². The van der Waals surface area contributed by atoms with Gasteiger partial charge in [0.2, 0.25) is 5.91 Å². The predicted octanol–water partition coefficient (Wildman–Crippen LogP) is 1.53. The van der Waals surface area contributed by atoms with E-state index in [-0.39, 0.29) is 12.5 Å². The van der Waals surface area contributed by atoms with Gasteiger partial charge in [0.15, 0.2) is 0 Å². The lowest BCUT2D eigenvalue weighted by molar-refractivity contribution is -0.117. The van der Waals surface area contributed by atoms with Crippen molar-refractivity contribution in [2.75, 3.05) is 18.5 Å². The molecule has 1 aromatic rings. The van der Waals surface area contributed by atoms with Crippen molar-refractivity contribution < 1.29 is 4.79 Å². The number of hydrogen-bond acceptors (Lipinski definition) is 2. The van der Waals surface area contributed by atoms with E-state index in [1.807, 2.05) is 13.8 Å². The fraction of sp³-hybridized carbons (Fsp3) is 0.417. The number of likely N-dealkylation sites (N-methyl/N-ethyl adjacent to an activating group) is 1. The molecule has 0 saturated heterocycles. The van der Waals surface area contributed by atoms with Crippen molar-refractivity contribution in [3.05, 3.63) is 28.8 Å². The summed E-state index contributed by atoms with van der Waals surface area (Å²) >= 11 is 0. The van der Waals surface area contributed by atoms with Crippen LogP contribution >= 0.6 is 0 Å². The minimum Gasteiger partial charge on any atom is -0.322 e. The summed E-state index contributed by atoms with van der Waals surface area (Å²) in [7, 11) is 1.76. The third-order valence-electron chi connectivity index (χ3n) is 2.52. The molecule has 82 valence electrons. The molecule has 1 rings (SSSR count). The molecule has 15 heavy (non-hydrogen) atoms. The zero-order valence-corrected chi connectivity index (χ0v) is 9.79. The first-order valence-electron chi connectivity index (χ1n) is 5.02. The van der Waals surface area contributed by atoms with E-state index in [0.29, 0.717) is 0 Å². The third kappa shape index (κ3) is 2.36. The molecule has 1 amide bonds. The van der Waals surface area contributed by atoms with Gasteiger partial charge in [0.1, 0.15) is 0 Å². The van der Waals surface area contributed by atoms with Crippen LogP contribution in [0.2, 0.25) is 0 Å². The van der Waals surface area contributed by atoms with E-state index in [0.717, 1.165) is 16.8 Å². The van der Waals surface area contributed by atoms with Gasteiger partial charge < -0.3 is 10.6 Å². The molecule has 0 fully saturated rings. The molecule has 3 nitrogen and oxygen atoms in total. The number of rotatable bonds is 2. The van der Waals surface area contributed by atoms with Crippen LogP contribution < -0.4 is 10.6 Å². The topological polar surface area (TPSA) is 46.3 Å². The minimum atomic E-state index is -0.0648. The average molecular weight is 206 g/mol. The standard InChI is InChI=1S/C12H18N2O/c1-8-5-9(2)12(10(3)6-8)14(4)11(15)7-13/h5-6H,7,13H2,1-4H3. The molecule has 0 spiro atoms. The molecule has 0 atom stereocenters. The molecule has 0 aliphatic rings. The normalized spacial score (nSPS) is 10.2. The Bertz CT molecular complexity index is 362. The number of carbonyl (C=O) groups excluding carboxylic acids is 1. The third-order valence-corrected chi connectivity index (χ3v) is 2.52. The van der Waals surface area contributed by atoms with E-state index in [1.54, 1.807) is 11.9 Å². The number of nitrogens with zero attached hydrogens (tertiary/aromatic N) is 1. The van der Waals surface area contributed by atoms with Crippen LogP contribution in [0.5, 0.6) is 0 Å². The second-order valence-corrected chi connectivity index (χ2v) is 3.90. The molecule has 0 radical (unpaired) electrons. The Morgan fingerprint density at radius 3 is 2.13 bits per heavy atom. The van der Waals surface area contributed by atoms with Gasteiger partial charge in [-0.15, -0.1) is 0 Å². The Labute approximate surface area is 90.9 Å². The molecule has 0 saturated carbocycles. The number of hydrogen-bond donors (Lipinski definition) is 1. The van der Waals surface area contributed by atoms with Gasteiger partial charge in [-0.05, 0) is 31.9 Å². The van der Waals surface area contributed by atoms with Crippen LogP contribution in [0.1, 0.15) is 16.7 Å². The van der Waals surface area contributed by atoms with Crippen molar-refractivity contribution in [3.63, 3.8) is 0 Å². The molecule has 3 heteroatoms. The van der Waals surface area contributed by atoms with Crippen molar-refractivity contribution in [2.45, 2.75) is 20.8 Å². The smallest absolute Gasteiger partial charge is 0.240 e. The first-order valence-corrected chi connectivity index (χ1v) is 5.02. The van der Waals surface area contributed by atoms with Crippen molar-refractivity contribution >= 4 is 11.6 Å². The largest absolute Gasteiger partial charge is 0.322 e. The van der Waals surface area contributed by atoms with Crippen molar-refractivity contribution in [1.82, 2.24) is 0 Å². The number of aryl methyl sites for hydroxylation is 3. The number of carbonyl (C=O) groups is 1. The molecular weight excluding hydrogens is 188 g/mol. The van der Waals surface area contributed by atoms with E-state index in [1.165, 1.54) is 5.56 Å². The molecule has 0 aliphatic heterocycles. The second-order valence-electron chi connectivity index (χ2n) is 3.90. The highest BCUT2D eigenvalue weighted by Gasteiger charge is 2.13. The van der Waals surface area contributed by atoms with Crippen LogP contribution in [0.3, 0.4) is 0 Å². The summed E-state index contributed by atoms with van der Waals surface area (Å²) in [6.45, 7) is 6.11. The molecule has 0 bridgehead atoms. The van der Waals surface area contributed by atoms with E-state index >= 15 is 0 Å². The molecule has 1 aromatic carbocycles. The van der Waals surface area contributed by atoms with E-state index in [9.17, 15) is 4.79 Å². The highest BCUT2D eigenvalue weighted by Crippen LogP contribution is 2.25. The lowest BCUT2D eigenvalue weighted by atomic mass is 10.0. The number of anilines is 1. The summed E-state index contributed by atoms with van der Waals surface area (Å²) in [4.78, 5) is 13.1. The quantitative estimate of drug-likeness (QED) is 0.797. The van der Waals surface area contributed by atoms with Crippen LogP contribution in [-0.2, 0) is 4.79 Å². The van der Waals surface area contributed by atoms with Gasteiger partial charge in [-0.1, -0.05) is 17.7 Å². The lowest BCUT2D eigenvalue weighted by Crippen LogP contribution is -2.33. The Kier molecular flexibility index (Phi) is 3.48. The zero-order chi connectivity index (χ0) is 11.6. The van der Waals surface area contributed by atoms with Gasteiger partial charge in [0, 0.05) is 12.7 Å². The summed E-state index contributed by atoms with van der Waals surface area (Å²) in [6.07, 6.45) is 0. The lowest BCUT2D eigenvalue weighted by Gasteiger charge is -2.21. The Balaban J connectivity index is 3.19. The number of amides is 1. The van der Waals surface area contributed by atoms with Crippen LogP contribution in [0, 0.1) is 20.8 Å². The summed E-state index contributed by atoms with van der Waals surface area (Å²) in [5, 5.41) is 0. The highest BCUT2D eigenvalue weighted by atomic mass is 16.2. The molecule has 0 unspecified atom stereocenters. The molecule has 0 aliphatic carbocycles. The molecular formula is C12H18N2O. The zero-order valence-electron chi connectivity index (χ0n) is 9.79. The second kappa shape index (κ2) is 4.45. The molecule has 2 N–H and O–H groups in total. The fourth-order valence-corrected chi connectivity index (χ4v) is 1.96. The van der Waals surface area contributed by atoms with Gasteiger partial charge in [-0.25, -0.2) is 0 Å². The Morgan fingerprint density at radius 2 is 1.73 bits per heavy atom. The van der Waals surface area contributed by atoms with Crippen LogP contribution in [-0.4, -0.2) is 19.5 Å². The molecule has 0 aromatic heterocycles. The van der Waals surface area contributed by atoms with Crippen LogP contribution in [0.15, 0.2) is 12.1 Å². The SMILES string of the molecule is Cc1cc(C)c(N(C)C(=O)CN)c(C)c1. The Morgan fingerprint density at radius 1 is 1.27 bits per heavy atom. The summed E-state index contributed by atoms with van der Waals surface area (Å²) in [6, 6.07) is 4.14. The molecule has 0 heterocycles. The highest BCUT2D eigenvalue weighted by molar-refractivity contribution is 5.95. The first-order chi connectivity index (χ1) is 6.97. The predicted molar refractivity (Wildman–Crippen MR) is 63.1 cm³/mol. The van der Waals surface area contributed by atoms with Gasteiger partial charge in [0.25, 0.3) is 0 Å². The number of nitrogens with two attached hydrogens (primary N) is 1. The van der Waals surface area contributed by atoms with Crippen molar-refractivity contribution in [3.8, 4) is 0 Å². The van der Waals surface area contributed by atoms with Gasteiger partial charge in [0.05, 0.1) is 6.54 Å². The van der Waals surface area contributed by atoms with Crippen molar-refractivity contribution in [2.24, 2.45) is 5.73 Å².